The highest BCUT2D eigenvalue weighted by atomic mass is 16.7. The minimum absolute atomic E-state index is 0.351. The highest BCUT2D eigenvalue weighted by Crippen LogP contribution is 2.38. The third kappa shape index (κ3) is 3.04. The second-order valence-electron chi connectivity index (χ2n) is 6.88. The molecule has 0 atom stereocenters. The molecular weight excluding hydrogens is 291 g/mol. The summed E-state index contributed by atoms with van der Waals surface area (Å²) >= 11 is 0. The van der Waals surface area contributed by atoms with Crippen molar-refractivity contribution >= 4 is 24.4 Å². The van der Waals surface area contributed by atoms with Crippen LogP contribution in [0.25, 0.3) is 17.2 Å². The smallest absolute Gasteiger partial charge is 0.400 e. The van der Waals surface area contributed by atoms with Crippen molar-refractivity contribution < 1.29 is 9.31 Å². The Hall–Kier alpha value is -1.70. The number of pyridine rings is 1. The van der Waals surface area contributed by atoms with Gasteiger partial charge in [0.25, 0.3) is 0 Å². The second-order valence-corrected chi connectivity index (χ2v) is 6.88. The highest BCUT2D eigenvalue weighted by Gasteiger charge is 2.52. The van der Waals surface area contributed by atoms with Crippen LogP contribution < -0.4 is 5.32 Å². The maximum absolute atomic E-state index is 6.15. The third-order valence-corrected chi connectivity index (χ3v) is 4.58. The molecule has 122 valence electrons. The zero-order chi connectivity index (χ0) is 16.7. The first-order chi connectivity index (χ1) is 10.8. The van der Waals surface area contributed by atoms with Crippen molar-refractivity contribution in [2.24, 2.45) is 0 Å². The number of aromatic amines is 1. The molecule has 0 saturated carbocycles. The first-order valence-electron chi connectivity index (χ1n) is 7.82. The van der Waals surface area contributed by atoms with Crippen LogP contribution in [0, 0.1) is 0 Å². The molecule has 2 aromatic heterocycles. The molecule has 23 heavy (non-hydrogen) atoms. The zero-order valence-electron chi connectivity index (χ0n) is 14.3. The molecular formula is C16H23BN4O2. The molecule has 0 spiro atoms. The van der Waals surface area contributed by atoms with Gasteiger partial charge in [0.2, 0.25) is 0 Å². The van der Waals surface area contributed by atoms with Gasteiger partial charge in [0.15, 0.2) is 5.65 Å². The van der Waals surface area contributed by atoms with Crippen LogP contribution in [0.15, 0.2) is 24.1 Å². The molecule has 3 heterocycles. The predicted molar refractivity (Wildman–Crippen MR) is 91.9 cm³/mol. The summed E-state index contributed by atoms with van der Waals surface area (Å²) in [5.74, 6) is 0. The summed E-state index contributed by atoms with van der Waals surface area (Å²) in [5.41, 5.74) is 2.95. The van der Waals surface area contributed by atoms with Gasteiger partial charge >= 0.3 is 7.12 Å². The van der Waals surface area contributed by atoms with Gasteiger partial charge in [-0.15, -0.1) is 0 Å². The number of aromatic nitrogens is 3. The Morgan fingerprint density at radius 1 is 1.26 bits per heavy atom. The molecule has 0 unspecified atom stereocenters. The average molecular weight is 314 g/mol. The van der Waals surface area contributed by atoms with E-state index in [2.05, 4.69) is 54.0 Å². The fourth-order valence-electron chi connectivity index (χ4n) is 2.54. The van der Waals surface area contributed by atoms with E-state index in [1.165, 1.54) is 0 Å². The van der Waals surface area contributed by atoms with Crippen LogP contribution in [0.2, 0.25) is 0 Å². The summed E-state index contributed by atoms with van der Waals surface area (Å²) in [6.45, 7) is 8.91. The number of H-pyrrole nitrogens is 1. The van der Waals surface area contributed by atoms with Gasteiger partial charge in [-0.2, -0.15) is 0 Å². The van der Waals surface area contributed by atoms with Crippen LogP contribution >= 0.6 is 0 Å². The number of hydrogen-bond donors (Lipinski definition) is 2. The van der Waals surface area contributed by atoms with E-state index in [-0.39, 0.29) is 18.3 Å². The van der Waals surface area contributed by atoms with Gasteiger partial charge < -0.3 is 19.6 Å². The van der Waals surface area contributed by atoms with E-state index in [1.54, 1.807) is 6.33 Å². The lowest BCUT2D eigenvalue weighted by Crippen LogP contribution is -2.41. The maximum Gasteiger partial charge on any atom is 0.491 e. The molecule has 2 aromatic rings. The summed E-state index contributed by atoms with van der Waals surface area (Å²) in [7, 11) is 1.54. The third-order valence-electron chi connectivity index (χ3n) is 4.58. The summed E-state index contributed by atoms with van der Waals surface area (Å²) < 4.78 is 12.3. The second kappa shape index (κ2) is 5.74. The Labute approximate surface area is 136 Å². The molecule has 1 aliphatic heterocycles. The minimum atomic E-state index is -0.370. The maximum atomic E-state index is 6.15. The van der Waals surface area contributed by atoms with E-state index in [1.807, 2.05) is 19.3 Å². The lowest BCUT2D eigenvalue weighted by molar-refractivity contribution is 0.00578. The van der Waals surface area contributed by atoms with E-state index < -0.39 is 0 Å². The molecule has 0 radical (unpaired) electrons. The number of hydrogen-bond acceptors (Lipinski definition) is 5. The first kappa shape index (κ1) is 16.2. The SMILES string of the molecule is CNCC(=Cc1cnc2nc[nH]c2c1)B1OC(C)(C)C(C)(C)O1. The normalized spacial score (nSPS) is 20.4. The number of likely N-dealkylation sites (N-methyl/N-ethyl adjacent to an activating group) is 1. The fourth-order valence-corrected chi connectivity index (χ4v) is 2.54. The van der Waals surface area contributed by atoms with Gasteiger partial charge in [-0.1, -0.05) is 6.08 Å². The lowest BCUT2D eigenvalue weighted by atomic mass is 9.77. The summed E-state index contributed by atoms with van der Waals surface area (Å²) in [6.07, 6.45) is 5.52. The van der Waals surface area contributed by atoms with E-state index in [0.29, 0.717) is 12.2 Å². The van der Waals surface area contributed by atoms with Crippen LogP contribution in [0.4, 0.5) is 0 Å². The number of nitrogens with one attached hydrogen (secondary N) is 2. The molecule has 2 N–H and O–H groups in total. The van der Waals surface area contributed by atoms with Crippen LogP contribution in [0.3, 0.4) is 0 Å². The number of fused-ring (bicyclic) bond motifs is 1. The van der Waals surface area contributed by atoms with Crippen LogP contribution in [0.5, 0.6) is 0 Å². The molecule has 1 fully saturated rings. The van der Waals surface area contributed by atoms with Gasteiger partial charge in [-0.25, -0.2) is 9.97 Å². The fraction of sp³-hybridized carbons (Fsp3) is 0.500. The van der Waals surface area contributed by atoms with Crippen LogP contribution in [-0.4, -0.2) is 46.9 Å². The van der Waals surface area contributed by atoms with Crippen LogP contribution in [-0.2, 0) is 9.31 Å². The Kier molecular flexibility index (Phi) is 4.04. The van der Waals surface area contributed by atoms with Crippen LogP contribution in [0.1, 0.15) is 33.3 Å². The Balaban J connectivity index is 1.92. The molecule has 0 aliphatic carbocycles. The van der Waals surface area contributed by atoms with Crippen molar-refractivity contribution in [1.82, 2.24) is 20.3 Å². The number of imidazole rings is 1. The van der Waals surface area contributed by atoms with Gasteiger partial charge in [0.1, 0.15) is 0 Å². The quantitative estimate of drug-likeness (QED) is 0.847. The topological polar surface area (TPSA) is 72.1 Å². The standard InChI is InChI=1S/C16H23BN4O2/c1-15(2)16(3,4)23-17(22-15)12(9-18-5)6-11-7-13-14(19-8-11)21-10-20-13/h6-8,10,18H,9H2,1-5H3,(H,19,20,21). The molecule has 7 heteroatoms. The summed E-state index contributed by atoms with van der Waals surface area (Å²) in [4.78, 5) is 11.6. The van der Waals surface area contributed by atoms with Gasteiger partial charge in [0.05, 0.1) is 23.0 Å². The van der Waals surface area contributed by atoms with E-state index >= 15 is 0 Å². The molecule has 1 aliphatic rings. The van der Waals surface area contributed by atoms with Crippen molar-refractivity contribution in [3.05, 3.63) is 29.6 Å². The molecule has 1 saturated heterocycles. The molecule has 0 aromatic carbocycles. The van der Waals surface area contributed by atoms with E-state index in [9.17, 15) is 0 Å². The number of nitrogens with zero attached hydrogens (tertiary/aromatic N) is 2. The highest BCUT2D eigenvalue weighted by molar-refractivity contribution is 6.55. The van der Waals surface area contributed by atoms with E-state index in [4.69, 9.17) is 9.31 Å². The van der Waals surface area contributed by atoms with E-state index in [0.717, 1.165) is 16.6 Å². The largest absolute Gasteiger partial charge is 0.491 e. The van der Waals surface area contributed by atoms with Crippen molar-refractivity contribution in [2.45, 2.75) is 38.9 Å². The van der Waals surface area contributed by atoms with Crippen molar-refractivity contribution in [1.29, 1.82) is 0 Å². The molecule has 3 rings (SSSR count). The predicted octanol–water partition coefficient (Wildman–Crippen LogP) is 2.19. The van der Waals surface area contributed by atoms with Crippen molar-refractivity contribution in [3.8, 4) is 0 Å². The average Bonchev–Trinajstić information content (AvgIpc) is 3.00. The summed E-state index contributed by atoms with van der Waals surface area (Å²) in [6, 6.07) is 2.02. The Morgan fingerprint density at radius 3 is 2.61 bits per heavy atom. The van der Waals surface area contributed by atoms with Crippen molar-refractivity contribution in [3.63, 3.8) is 0 Å². The molecule has 0 bridgehead atoms. The Morgan fingerprint density at radius 2 is 1.96 bits per heavy atom. The zero-order valence-corrected chi connectivity index (χ0v) is 14.3. The van der Waals surface area contributed by atoms with Gasteiger partial charge in [-0.3, -0.25) is 0 Å². The van der Waals surface area contributed by atoms with Gasteiger partial charge in [0, 0.05) is 12.7 Å². The monoisotopic (exact) mass is 314 g/mol. The summed E-state index contributed by atoms with van der Waals surface area (Å²) in [5, 5.41) is 3.18. The molecule has 0 amide bonds. The number of rotatable bonds is 4. The Bertz CT molecular complexity index is 723. The molecule has 6 nitrogen and oxygen atoms in total. The van der Waals surface area contributed by atoms with Crippen molar-refractivity contribution in [2.75, 3.05) is 13.6 Å². The first-order valence-corrected chi connectivity index (χ1v) is 7.82. The lowest BCUT2D eigenvalue weighted by Gasteiger charge is -2.32. The minimum Gasteiger partial charge on any atom is -0.400 e. The van der Waals surface area contributed by atoms with Gasteiger partial charge in [-0.05, 0) is 51.8 Å².